The van der Waals surface area contributed by atoms with Gasteiger partial charge in [-0.15, -0.1) is 0 Å². The molecule has 2 heteroatoms. The van der Waals surface area contributed by atoms with Gasteiger partial charge in [0.15, 0.2) is 0 Å². The Morgan fingerprint density at radius 1 is 1.00 bits per heavy atom. The average Bonchev–Trinajstić information content (AvgIpc) is 1.76. The van der Waals surface area contributed by atoms with E-state index in [0.29, 0.717) is 0 Å². The summed E-state index contributed by atoms with van der Waals surface area (Å²) in [5.41, 5.74) is 0. The molecule has 1 radical (unpaired) electrons. The van der Waals surface area contributed by atoms with Crippen molar-refractivity contribution in [3.8, 4) is 0 Å². The van der Waals surface area contributed by atoms with Crippen molar-refractivity contribution in [2.45, 2.75) is 12.8 Å². The van der Waals surface area contributed by atoms with E-state index in [0.717, 1.165) is 13.2 Å². The van der Waals surface area contributed by atoms with Gasteiger partial charge in [0.2, 0.25) is 0 Å². The summed E-state index contributed by atoms with van der Waals surface area (Å²) in [6.45, 7) is 2.00. The number of hydrogen-bond donors (Lipinski definition) is 0. The number of hydrogen-bond acceptors (Lipinski definition) is 1. The molecular formula is C4H8IrO. The van der Waals surface area contributed by atoms with Crippen LogP contribution in [0, 0.1) is 0 Å². The first-order chi connectivity index (χ1) is 2.50. The molecule has 39 valence electrons. The molecule has 1 heterocycles. The zero-order valence-corrected chi connectivity index (χ0v) is 5.97. The summed E-state index contributed by atoms with van der Waals surface area (Å²) < 4.78 is 4.94. The Hall–Kier alpha value is 0.609. The molecule has 0 unspecified atom stereocenters. The van der Waals surface area contributed by atoms with E-state index in [1.807, 2.05) is 0 Å². The molecule has 0 aliphatic carbocycles. The van der Waals surface area contributed by atoms with Gasteiger partial charge >= 0.3 is 0 Å². The largest absolute Gasteiger partial charge is 0.381 e. The second-order valence-electron chi connectivity index (χ2n) is 1.32. The van der Waals surface area contributed by atoms with Gasteiger partial charge in [0, 0.05) is 33.3 Å². The minimum atomic E-state index is 0. The standard InChI is InChI=1S/C4H8O.Ir/c1-2-4-5-3-1;/h1-4H2;. The third-order valence-corrected chi connectivity index (χ3v) is 0.827. The predicted molar refractivity (Wildman–Crippen MR) is 20.1 cm³/mol. The first-order valence-electron chi connectivity index (χ1n) is 2.08. The quantitative estimate of drug-likeness (QED) is 0.629. The van der Waals surface area contributed by atoms with Crippen molar-refractivity contribution in [1.82, 2.24) is 0 Å². The molecule has 1 fully saturated rings. The topological polar surface area (TPSA) is 9.23 Å². The van der Waals surface area contributed by atoms with Crippen molar-refractivity contribution < 1.29 is 24.8 Å². The summed E-state index contributed by atoms with van der Waals surface area (Å²) >= 11 is 0. The summed E-state index contributed by atoms with van der Waals surface area (Å²) in [4.78, 5) is 0. The minimum Gasteiger partial charge on any atom is -0.381 e. The van der Waals surface area contributed by atoms with Crippen LogP contribution < -0.4 is 0 Å². The molecule has 1 saturated heterocycles. The molecule has 0 saturated carbocycles. The van der Waals surface area contributed by atoms with E-state index in [9.17, 15) is 0 Å². The van der Waals surface area contributed by atoms with Crippen LogP contribution in [0.1, 0.15) is 12.8 Å². The van der Waals surface area contributed by atoms with E-state index in [2.05, 4.69) is 0 Å². The Kier molecular flexibility index (Phi) is 4.17. The van der Waals surface area contributed by atoms with Gasteiger partial charge in [-0.3, -0.25) is 0 Å². The molecule has 1 aliphatic heterocycles. The van der Waals surface area contributed by atoms with E-state index in [1.165, 1.54) is 12.8 Å². The van der Waals surface area contributed by atoms with Gasteiger partial charge in [-0.05, 0) is 12.8 Å². The van der Waals surface area contributed by atoms with Gasteiger partial charge in [0.25, 0.3) is 0 Å². The predicted octanol–water partition coefficient (Wildman–Crippen LogP) is 0.794. The maximum Gasteiger partial charge on any atom is 0.0466 e. The van der Waals surface area contributed by atoms with Gasteiger partial charge in [-0.25, -0.2) is 0 Å². The third kappa shape index (κ3) is 1.91. The third-order valence-electron chi connectivity index (χ3n) is 0.827. The molecule has 0 aromatic carbocycles. The smallest absolute Gasteiger partial charge is 0.0466 e. The van der Waals surface area contributed by atoms with Crippen molar-refractivity contribution in [1.29, 1.82) is 0 Å². The van der Waals surface area contributed by atoms with Crippen molar-refractivity contribution >= 4 is 0 Å². The van der Waals surface area contributed by atoms with Crippen LogP contribution in [-0.4, -0.2) is 13.2 Å². The average molecular weight is 264 g/mol. The molecule has 0 aromatic rings. The molecule has 6 heavy (non-hydrogen) atoms. The Bertz CT molecular complexity index is 19.1. The van der Waals surface area contributed by atoms with Crippen LogP contribution in [0.25, 0.3) is 0 Å². The number of ether oxygens (including phenoxy) is 1. The molecule has 0 bridgehead atoms. The van der Waals surface area contributed by atoms with Crippen molar-refractivity contribution in [2.24, 2.45) is 0 Å². The van der Waals surface area contributed by atoms with Crippen LogP contribution in [0.4, 0.5) is 0 Å². The van der Waals surface area contributed by atoms with Crippen LogP contribution >= 0.6 is 0 Å². The van der Waals surface area contributed by atoms with Crippen LogP contribution in [0.15, 0.2) is 0 Å². The second kappa shape index (κ2) is 3.79. The molecular weight excluding hydrogens is 256 g/mol. The maximum absolute atomic E-state index is 4.94. The fraction of sp³-hybridized carbons (Fsp3) is 1.00. The summed E-state index contributed by atoms with van der Waals surface area (Å²) in [7, 11) is 0. The second-order valence-corrected chi connectivity index (χ2v) is 1.32. The Balaban J connectivity index is 0.000000250. The fourth-order valence-corrected chi connectivity index (χ4v) is 0.510. The molecule has 0 amide bonds. The molecule has 0 spiro atoms. The molecule has 0 N–H and O–H groups in total. The Labute approximate surface area is 51.4 Å². The Morgan fingerprint density at radius 3 is 1.67 bits per heavy atom. The van der Waals surface area contributed by atoms with Crippen LogP contribution in [0.3, 0.4) is 0 Å². The molecule has 0 aromatic heterocycles. The zero-order valence-electron chi connectivity index (χ0n) is 3.57. The first kappa shape index (κ1) is 6.61. The van der Waals surface area contributed by atoms with Crippen LogP contribution in [0.2, 0.25) is 0 Å². The summed E-state index contributed by atoms with van der Waals surface area (Å²) in [5.74, 6) is 0. The Morgan fingerprint density at radius 2 is 1.50 bits per heavy atom. The van der Waals surface area contributed by atoms with Gasteiger partial charge in [-0.1, -0.05) is 0 Å². The van der Waals surface area contributed by atoms with E-state index >= 15 is 0 Å². The molecule has 0 atom stereocenters. The number of rotatable bonds is 0. The van der Waals surface area contributed by atoms with E-state index in [1.54, 1.807) is 0 Å². The van der Waals surface area contributed by atoms with Crippen molar-refractivity contribution in [2.75, 3.05) is 13.2 Å². The van der Waals surface area contributed by atoms with E-state index in [-0.39, 0.29) is 20.1 Å². The van der Waals surface area contributed by atoms with Crippen molar-refractivity contribution in [3.63, 3.8) is 0 Å². The SMILES string of the molecule is C1CCOC1.[Ir]. The van der Waals surface area contributed by atoms with Crippen LogP contribution in [0.5, 0.6) is 0 Å². The van der Waals surface area contributed by atoms with Gasteiger partial charge in [0.1, 0.15) is 0 Å². The summed E-state index contributed by atoms with van der Waals surface area (Å²) in [6, 6.07) is 0. The molecule has 1 nitrogen and oxygen atoms in total. The van der Waals surface area contributed by atoms with Gasteiger partial charge in [0.05, 0.1) is 0 Å². The zero-order chi connectivity index (χ0) is 3.54. The molecule has 1 aliphatic rings. The van der Waals surface area contributed by atoms with Gasteiger partial charge in [-0.2, -0.15) is 0 Å². The van der Waals surface area contributed by atoms with E-state index in [4.69, 9.17) is 4.74 Å². The monoisotopic (exact) mass is 265 g/mol. The summed E-state index contributed by atoms with van der Waals surface area (Å²) in [6.07, 6.45) is 2.56. The maximum atomic E-state index is 4.94. The summed E-state index contributed by atoms with van der Waals surface area (Å²) in [5, 5.41) is 0. The minimum absolute atomic E-state index is 0. The van der Waals surface area contributed by atoms with Crippen molar-refractivity contribution in [3.05, 3.63) is 0 Å². The first-order valence-corrected chi connectivity index (χ1v) is 2.08. The fourth-order valence-electron chi connectivity index (χ4n) is 0.510. The van der Waals surface area contributed by atoms with Gasteiger partial charge < -0.3 is 4.74 Å². The van der Waals surface area contributed by atoms with Crippen LogP contribution in [-0.2, 0) is 24.8 Å². The molecule has 1 rings (SSSR count). The van der Waals surface area contributed by atoms with E-state index < -0.39 is 0 Å². The normalized spacial score (nSPS) is 20.0.